The minimum absolute atomic E-state index is 0.286. The first-order chi connectivity index (χ1) is 5.74. The first kappa shape index (κ1) is 8.52. The molecular formula is C8H11N3O. The molecule has 4 heteroatoms. The summed E-state index contributed by atoms with van der Waals surface area (Å²) < 4.78 is 0. The lowest BCUT2D eigenvalue weighted by Gasteiger charge is -2.01. The van der Waals surface area contributed by atoms with Gasteiger partial charge in [0.05, 0.1) is 0 Å². The maximum Gasteiger partial charge on any atom is 0.267 e. The van der Waals surface area contributed by atoms with E-state index in [1.54, 1.807) is 18.2 Å². The number of nitrogens with one attached hydrogen (secondary N) is 1. The van der Waals surface area contributed by atoms with Crippen LogP contribution in [0.5, 0.6) is 0 Å². The molecule has 0 radical (unpaired) electrons. The van der Waals surface area contributed by atoms with Gasteiger partial charge in [0.25, 0.3) is 5.91 Å². The van der Waals surface area contributed by atoms with Gasteiger partial charge in [0, 0.05) is 6.54 Å². The highest BCUT2D eigenvalue weighted by Crippen LogP contribution is 2.03. The first-order valence-electron chi connectivity index (χ1n) is 3.74. The van der Waals surface area contributed by atoms with Crippen molar-refractivity contribution in [2.75, 3.05) is 11.9 Å². The van der Waals surface area contributed by atoms with Crippen molar-refractivity contribution in [3.8, 4) is 0 Å². The van der Waals surface area contributed by atoms with Crippen LogP contribution in [0.15, 0.2) is 18.2 Å². The van der Waals surface area contributed by atoms with E-state index in [1.165, 1.54) is 0 Å². The van der Waals surface area contributed by atoms with Crippen LogP contribution in [0.3, 0.4) is 0 Å². The topological polar surface area (TPSA) is 68.0 Å². The second kappa shape index (κ2) is 3.71. The Morgan fingerprint density at radius 3 is 3.00 bits per heavy atom. The summed E-state index contributed by atoms with van der Waals surface area (Å²) in [4.78, 5) is 14.7. The highest BCUT2D eigenvalue weighted by molar-refractivity contribution is 5.91. The van der Waals surface area contributed by atoms with E-state index in [9.17, 15) is 4.79 Å². The predicted molar refractivity (Wildman–Crippen MR) is 46.9 cm³/mol. The normalized spacial score (nSPS) is 9.42. The molecule has 1 heterocycles. The summed E-state index contributed by atoms with van der Waals surface area (Å²) in [6.07, 6.45) is 0. The van der Waals surface area contributed by atoms with E-state index in [4.69, 9.17) is 5.73 Å². The van der Waals surface area contributed by atoms with Crippen molar-refractivity contribution in [3.63, 3.8) is 0 Å². The number of carbonyl (C=O) groups excluding carboxylic acids is 1. The fourth-order valence-electron chi connectivity index (χ4n) is 0.852. The summed E-state index contributed by atoms with van der Waals surface area (Å²) >= 11 is 0. The van der Waals surface area contributed by atoms with Crippen LogP contribution in [0.25, 0.3) is 0 Å². The molecule has 1 aromatic rings. The highest BCUT2D eigenvalue weighted by atomic mass is 16.1. The maximum atomic E-state index is 10.7. The van der Waals surface area contributed by atoms with E-state index in [0.29, 0.717) is 5.82 Å². The largest absolute Gasteiger partial charge is 0.370 e. The average molecular weight is 165 g/mol. The minimum atomic E-state index is -0.505. The molecule has 64 valence electrons. The van der Waals surface area contributed by atoms with Crippen molar-refractivity contribution in [1.82, 2.24) is 4.98 Å². The Hall–Kier alpha value is -1.58. The van der Waals surface area contributed by atoms with E-state index in [1.807, 2.05) is 6.92 Å². The number of rotatable bonds is 3. The fraction of sp³-hybridized carbons (Fsp3) is 0.250. The second-order valence-electron chi connectivity index (χ2n) is 2.30. The van der Waals surface area contributed by atoms with Crippen LogP contribution in [-0.2, 0) is 0 Å². The van der Waals surface area contributed by atoms with Crippen LogP contribution >= 0.6 is 0 Å². The summed E-state index contributed by atoms with van der Waals surface area (Å²) in [5.74, 6) is 0.170. The lowest BCUT2D eigenvalue weighted by Crippen LogP contribution is -2.13. The minimum Gasteiger partial charge on any atom is -0.370 e. The van der Waals surface area contributed by atoms with Crippen molar-refractivity contribution < 1.29 is 4.79 Å². The molecule has 0 spiro atoms. The summed E-state index contributed by atoms with van der Waals surface area (Å²) in [6.45, 7) is 2.73. The number of anilines is 1. The van der Waals surface area contributed by atoms with Crippen LogP contribution in [0, 0.1) is 0 Å². The average Bonchev–Trinajstić information content (AvgIpc) is 2.05. The number of hydrogen-bond acceptors (Lipinski definition) is 3. The number of primary amides is 1. The lowest BCUT2D eigenvalue weighted by molar-refractivity contribution is 0.0995. The Kier molecular flexibility index (Phi) is 2.63. The predicted octanol–water partition coefficient (Wildman–Crippen LogP) is 0.612. The third-order valence-corrected chi connectivity index (χ3v) is 1.36. The Balaban J connectivity index is 2.88. The molecule has 0 saturated carbocycles. The Bertz CT molecular complexity index is 285. The molecule has 0 atom stereocenters. The molecule has 1 aromatic heterocycles. The van der Waals surface area contributed by atoms with Crippen molar-refractivity contribution in [1.29, 1.82) is 0 Å². The van der Waals surface area contributed by atoms with Crippen LogP contribution < -0.4 is 11.1 Å². The molecule has 0 aliphatic heterocycles. The quantitative estimate of drug-likeness (QED) is 0.689. The van der Waals surface area contributed by atoms with Crippen molar-refractivity contribution >= 4 is 11.7 Å². The molecule has 1 amide bonds. The number of pyridine rings is 1. The molecule has 0 aliphatic carbocycles. The van der Waals surface area contributed by atoms with Gasteiger partial charge in [-0.2, -0.15) is 0 Å². The molecule has 0 aromatic carbocycles. The number of amides is 1. The first-order valence-corrected chi connectivity index (χ1v) is 3.74. The molecule has 3 N–H and O–H groups in total. The molecule has 1 rings (SSSR count). The van der Waals surface area contributed by atoms with Crippen molar-refractivity contribution in [3.05, 3.63) is 23.9 Å². The monoisotopic (exact) mass is 165 g/mol. The molecule has 4 nitrogen and oxygen atoms in total. The molecular weight excluding hydrogens is 154 g/mol. The second-order valence-corrected chi connectivity index (χ2v) is 2.30. The molecule has 0 bridgehead atoms. The van der Waals surface area contributed by atoms with Gasteiger partial charge in [-0.05, 0) is 19.1 Å². The van der Waals surface area contributed by atoms with Crippen molar-refractivity contribution in [2.24, 2.45) is 5.73 Å². The number of nitrogens with zero attached hydrogens (tertiary/aromatic N) is 1. The van der Waals surface area contributed by atoms with Crippen LogP contribution in [-0.4, -0.2) is 17.4 Å². The highest BCUT2D eigenvalue weighted by Gasteiger charge is 2.01. The van der Waals surface area contributed by atoms with E-state index in [0.717, 1.165) is 6.54 Å². The number of hydrogen-bond donors (Lipinski definition) is 2. The standard InChI is InChI=1S/C8H11N3O/c1-2-10-7-5-3-4-6(11-7)8(9)12/h3-5H,2H2,1H3,(H2,9,12)(H,10,11). The van der Waals surface area contributed by atoms with Gasteiger partial charge in [-0.25, -0.2) is 4.98 Å². The molecule has 0 aliphatic rings. The SMILES string of the molecule is CCNc1cccc(C(N)=O)n1. The molecule has 0 fully saturated rings. The summed E-state index contributed by atoms with van der Waals surface area (Å²) in [6, 6.07) is 5.12. The Morgan fingerprint density at radius 2 is 2.42 bits per heavy atom. The van der Waals surface area contributed by atoms with Crippen LogP contribution in [0.1, 0.15) is 17.4 Å². The zero-order valence-electron chi connectivity index (χ0n) is 6.87. The summed E-state index contributed by atoms with van der Waals surface area (Å²) in [5.41, 5.74) is 5.34. The van der Waals surface area contributed by atoms with E-state index in [2.05, 4.69) is 10.3 Å². The van der Waals surface area contributed by atoms with Crippen LogP contribution in [0.2, 0.25) is 0 Å². The molecule has 12 heavy (non-hydrogen) atoms. The van der Waals surface area contributed by atoms with Gasteiger partial charge in [-0.15, -0.1) is 0 Å². The summed E-state index contributed by atoms with van der Waals surface area (Å²) in [7, 11) is 0. The van der Waals surface area contributed by atoms with Gasteiger partial charge in [0.15, 0.2) is 0 Å². The van der Waals surface area contributed by atoms with Gasteiger partial charge in [-0.1, -0.05) is 6.07 Å². The van der Waals surface area contributed by atoms with Gasteiger partial charge in [0.1, 0.15) is 11.5 Å². The number of aromatic nitrogens is 1. The van der Waals surface area contributed by atoms with Gasteiger partial charge in [0.2, 0.25) is 0 Å². The van der Waals surface area contributed by atoms with Crippen LogP contribution in [0.4, 0.5) is 5.82 Å². The van der Waals surface area contributed by atoms with Crippen molar-refractivity contribution in [2.45, 2.75) is 6.92 Å². The Labute approximate surface area is 70.8 Å². The Morgan fingerprint density at radius 1 is 1.67 bits per heavy atom. The van der Waals surface area contributed by atoms with Gasteiger partial charge in [-0.3, -0.25) is 4.79 Å². The van der Waals surface area contributed by atoms with Gasteiger partial charge < -0.3 is 11.1 Å². The third-order valence-electron chi connectivity index (χ3n) is 1.36. The van der Waals surface area contributed by atoms with Gasteiger partial charge >= 0.3 is 0 Å². The lowest BCUT2D eigenvalue weighted by atomic mass is 10.3. The van der Waals surface area contributed by atoms with E-state index >= 15 is 0 Å². The number of nitrogens with two attached hydrogens (primary N) is 1. The summed E-state index contributed by atoms with van der Waals surface area (Å²) in [5, 5.41) is 2.98. The van der Waals surface area contributed by atoms with E-state index in [-0.39, 0.29) is 5.69 Å². The smallest absolute Gasteiger partial charge is 0.267 e. The molecule has 0 unspecified atom stereocenters. The van der Waals surface area contributed by atoms with E-state index < -0.39 is 5.91 Å². The molecule has 0 saturated heterocycles. The zero-order chi connectivity index (χ0) is 8.97. The maximum absolute atomic E-state index is 10.7. The number of carbonyl (C=O) groups is 1. The third kappa shape index (κ3) is 1.95. The fourth-order valence-corrected chi connectivity index (χ4v) is 0.852. The zero-order valence-corrected chi connectivity index (χ0v) is 6.87.